The van der Waals surface area contributed by atoms with E-state index in [0.29, 0.717) is 5.82 Å². The maximum Gasteiger partial charge on any atom is 0.176 e. The third-order valence-electron chi connectivity index (χ3n) is 2.85. The summed E-state index contributed by atoms with van der Waals surface area (Å²) in [5, 5.41) is 14.3. The summed E-state index contributed by atoms with van der Waals surface area (Å²) in [7, 11) is 0. The minimum absolute atomic E-state index is 0.658. The van der Waals surface area contributed by atoms with E-state index in [-0.39, 0.29) is 0 Å². The Morgan fingerprint density at radius 1 is 1.05 bits per heavy atom. The van der Waals surface area contributed by atoms with Gasteiger partial charge in [-0.1, -0.05) is 42.5 Å². The van der Waals surface area contributed by atoms with Crippen LogP contribution in [0.5, 0.6) is 0 Å². The molecule has 0 atom stereocenters. The summed E-state index contributed by atoms with van der Waals surface area (Å²) in [6, 6.07) is 16.0. The summed E-state index contributed by atoms with van der Waals surface area (Å²) in [5.74, 6) is 0.658. The van der Waals surface area contributed by atoms with Crippen LogP contribution in [0, 0.1) is 3.57 Å². The Hall–Kier alpha value is -2.02. The van der Waals surface area contributed by atoms with Gasteiger partial charge in [0.25, 0.3) is 0 Å². The highest BCUT2D eigenvalue weighted by Crippen LogP contribution is 2.19. The SMILES string of the molecule is Ic1ccccc1/C=N/Nc1nncc2ccccc12. The van der Waals surface area contributed by atoms with Crippen molar-refractivity contribution < 1.29 is 0 Å². The summed E-state index contributed by atoms with van der Waals surface area (Å²) in [4.78, 5) is 0. The van der Waals surface area contributed by atoms with E-state index in [1.807, 2.05) is 48.5 Å². The normalized spacial score (nSPS) is 11.1. The predicted octanol–water partition coefficient (Wildman–Crippen LogP) is 3.68. The molecular weight excluding hydrogens is 363 g/mol. The topological polar surface area (TPSA) is 50.2 Å². The number of hydrogen-bond acceptors (Lipinski definition) is 4. The van der Waals surface area contributed by atoms with Crippen molar-refractivity contribution in [2.45, 2.75) is 0 Å². The number of halogens is 1. The van der Waals surface area contributed by atoms with E-state index in [4.69, 9.17) is 0 Å². The Labute approximate surface area is 130 Å². The van der Waals surface area contributed by atoms with Gasteiger partial charge in [-0.2, -0.15) is 10.2 Å². The van der Waals surface area contributed by atoms with Crippen molar-refractivity contribution >= 4 is 45.4 Å². The molecular formula is C15H11IN4. The standard InChI is InChI=1S/C15H11IN4/c16-14-8-4-2-6-12(14)10-18-20-15-13-7-3-1-5-11(13)9-17-19-15/h1-10H,(H,19,20)/b18-10+. The van der Waals surface area contributed by atoms with Crippen molar-refractivity contribution in [3.63, 3.8) is 0 Å². The molecule has 1 heterocycles. The molecule has 0 radical (unpaired) electrons. The molecule has 20 heavy (non-hydrogen) atoms. The van der Waals surface area contributed by atoms with Crippen LogP contribution in [0.3, 0.4) is 0 Å². The molecule has 2 aromatic carbocycles. The Morgan fingerprint density at radius 3 is 2.75 bits per heavy atom. The molecule has 5 heteroatoms. The van der Waals surface area contributed by atoms with Gasteiger partial charge in [0.2, 0.25) is 0 Å². The summed E-state index contributed by atoms with van der Waals surface area (Å²) in [6.45, 7) is 0. The zero-order chi connectivity index (χ0) is 13.8. The van der Waals surface area contributed by atoms with Crippen LogP contribution in [0.4, 0.5) is 5.82 Å². The Morgan fingerprint density at radius 2 is 1.85 bits per heavy atom. The second-order valence-corrected chi connectivity index (χ2v) is 5.33. The molecule has 0 fully saturated rings. The van der Waals surface area contributed by atoms with Gasteiger partial charge >= 0.3 is 0 Å². The molecule has 0 unspecified atom stereocenters. The van der Waals surface area contributed by atoms with Gasteiger partial charge in [-0.25, -0.2) is 0 Å². The van der Waals surface area contributed by atoms with Gasteiger partial charge < -0.3 is 0 Å². The van der Waals surface area contributed by atoms with Crippen molar-refractivity contribution in [2.24, 2.45) is 5.10 Å². The number of nitrogens with zero attached hydrogens (tertiary/aromatic N) is 3. The van der Waals surface area contributed by atoms with E-state index < -0.39 is 0 Å². The lowest BCUT2D eigenvalue weighted by atomic mass is 10.2. The zero-order valence-corrected chi connectivity index (χ0v) is 12.7. The average Bonchev–Trinajstić information content (AvgIpc) is 2.49. The summed E-state index contributed by atoms with van der Waals surface area (Å²) < 4.78 is 1.15. The van der Waals surface area contributed by atoms with Gasteiger partial charge in [0.1, 0.15) is 0 Å². The van der Waals surface area contributed by atoms with Gasteiger partial charge in [-0.15, -0.1) is 5.10 Å². The molecule has 0 saturated heterocycles. The molecule has 0 aliphatic heterocycles. The first kappa shape index (κ1) is 13.0. The quantitative estimate of drug-likeness (QED) is 0.432. The summed E-state index contributed by atoms with van der Waals surface area (Å²) in [5.41, 5.74) is 4.02. The number of anilines is 1. The lowest BCUT2D eigenvalue weighted by Crippen LogP contribution is -1.97. The molecule has 3 rings (SSSR count). The van der Waals surface area contributed by atoms with Gasteiger partial charge in [-0.05, 0) is 28.7 Å². The van der Waals surface area contributed by atoms with Gasteiger partial charge in [0, 0.05) is 19.9 Å². The van der Waals surface area contributed by atoms with Crippen LogP contribution in [-0.4, -0.2) is 16.4 Å². The van der Waals surface area contributed by atoms with Crippen molar-refractivity contribution in [1.82, 2.24) is 10.2 Å². The van der Waals surface area contributed by atoms with Crippen LogP contribution in [0.25, 0.3) is 10.8 Å². The van der Waals surface area contributed by atoms with Crippen molar-refractivity contribution in [1.29, 1.82) is 0 Å². The van der Waals surface area contributed by atoms with E-state index in [1.54, 1.807) is 12.4 Å². The molecule has 3 aromatic rings. The molecule has 0 saturated carbocycles. The number of rotatable bonds is 3. The van der Waals surface area contributed by atoms with Crippen LogP contribution < -0.4 is 5.43 Å². The third-order valence-corrected chi connectivity index (χ3v) is 3.83. The maximum absolute atomic E-state index is 4.24. The number of nitrogens with one attached hydrogen (secondary N) is 1. The highest BCUT2D eigenvalue weighted by molar-refractivity contribution is 14.1. The van der Waals surface area contributed by atoms with E-state index >= 15 is 0 Å². The maximum atomic E-state index is 4.24. The second-order valence-electron chi connectivity index (χ2n) is 4.17. The van der Waals surface area contributed by atoms with E-state index in [9.17, 15) is 0 Å². The van der Waals surface area contributed by atoms with Crippen molar-refractivity contribution in [2.75, 3.05) is 5.43 Å². The number of aromatic nitrogens is 2. The molecule has 1 aromatic heterocycles. The molecule has 0 bridgehead atoms. The fraction of sp³-hybridized carbons (Fsp3) is 0. The smallest absolute Gasteiger partial charge is 0.176 e. The van der Waals surface area contributed by atoms with E-state index in [1.165, 1.54) is 0 Å². The Bertz CT molecular complexity index is 765. The number of hydrazone groups is 1. The van der Waals surface area contributed by atoms with Crippen LogP contribution in [-0.2, 0) is 0 Å². The largest absolute Gasteiger partial charge is 0.259 e. The Kier molecular flexibility index (Phi) is 3.87. The molecule has 0 spiro atoms. The number of fused-ring (bicyclic) bond motifs is 1. The molecule has 4 nitrogen and oxygen atoms in total. The number of hydrogen-bond donors (Lipinski definition) is 1. The molecule has 1 N–H and O–H groups in total. The minimum Gasteiger partial charge on any atom is -0.259 e. The average molecular weight is 374 g/mol. The van der Waals surface area contributed by atoms with Gasteiger partial charge in [0.15, 0.2) is 5.82 Å². The van der Waals surface area contributed by atoms with Gasteiger partial charge in [0.05, 0.1) is 12.4 Å². The lowest BCUT2D eigenvalue weighted by Gasteiger charge is -2.03. The number of benzene rings is 2. The van der Waals surface area contributed by atoms with Crippen LogP contribution in [0.2, 0.25) is 0 Å². The first-order valence-corrected chi connectivity index (χ1v) is 7.16. The Balaban J connectivity index is 1.86. The third kappa shape index (κ3) is 2.77. The molecule has 0 amide bonds. The molecule has 0 aliphatic rings. The minimum atomic E-state index is 0.658. The fourth-order valence-electron chi connectivity index (χ4n) is 1.85. The van der Waals surface area contributed by atoms with Gasteiger partial charge in [-0.3, -0.25) is 5.43 Å². The summed E-state index contributed by atoms with van der Waals surface area (Å²) in [6.07, 6.45) is 3.52. The highest BCUT2D eigenvalue weighted by Gasteiger charge is 2.01. The predicted molar refractivity (Wildman–Crippen MR) is 89.9 cm³/mol. The molecule has 98 valence electrons. The van der Waals surface area contributed by atoms with Crippen molar-refractivity contribution in [3.8, 4) is 0 Å². The second kappa shape index (κ2) is 5.96. The zero-order valence-electron chi connectivity index (χ0n) is 10.5. The van der Waals surface area contributed by atoms with Crippen LogP contribution in [0.15, 0.2) is 59.8 Å². The van der Waals surface area contributed by atoms with E-state index in [0.717, 1.165) is 19.9 Å². The first-order valence-electron chi connectivity index (χ1n) is 6.08. The van der Waals surface area contributed by atoms with Crippen LogP contribution in [0.1, 0.15) is 5.56 Å². The van der Waals surface area contributed by atoms with Crippen molar-refractivity contribution in [3.05, 3.63) is 63.9 Å². The van der Waals surface area contributed by atoms with Crippen LogP contribution >= 0.6 is 22.6 Å². The highest BCUT2D eigenvalue weighted by atomic mass is 127. The fourth-order valence-corrected chi connectivity index (χ4v) is 2.38. The monoisotopic (exact) mass is 374 g/mol. The lowest BCUT2D eigenvalue weighted by molar-refractivity contribution is 1.04. The first-order chi connectivity index (χ1) is 9.84. The molecule has 0 aliphatic carbocycles. The summed E-state index contributed by atoms with van der Waals surface area (Å²) >= 11 is 2.28. The van der Waals surface area contributed by atoms with E-state index in [2.05, 4.69) is 43.3 Å².